The molecule has 400 valence electrons. The zero-order chi connectivity index (χ0) is 56.9. The average molecular weight is 1070 g/mol. The summed E-state index contributed by atoms with van der Waals surface area (Å²) in [6.07, 6.45) is 5.16. The average Bonchev–Trinajstić information content (AvgIpc) is 3.72. The molecule has 0 spiro atoms. The van der Waals surface area contributed by atoms with Crippen molar-refractivity contribution >= 4 is 43.6 Å². The van der Waals surface area contributed by atoms with Crippen LogP contribution in [0.4, 0.5) is 0 Å². The molecule has 0 atom stereocenters. The first kappa shape index (κ1) is 56.1. The van der Waals surface area contributed by atoms with Crippen molar-refractivity contribution in [2.24, 2.45) is 0 Å². The molecule has 0 aliphatic rings. The Bertz CT molecular complexity index is 4020. The minimum absolute atomic E-state index is 0.730. The van der Waals surface area contributed by atoms with Gasteiger partial charge in [-0.3, -0.25) is 9.97 Å². The molecule has 0 bridgehead atoms. The molecular weight excluding hydrogens is 1010 g/mol. The SMILES string of the molecule is Cc1cc(-c2ccccc2)c2ccccc2n1.Cc1ccc2ccccc2n1.Cc1nc(-c2ccccc2)c2ccccc2n1.Cc1ncc2ccccc2n1.Cc1nccc(-c2ccccc2)n1.Cc1ncnc(-c2ccccc2)n1. The number of fused-ring (bicyclic) bond motifs is 4. The van der Waals surface area contributed by atoms with E-state index in [0.717, 1.165) is 101 Å². The van der Waals surface area contributed by atoms with Crippen LogP contribution in [-0.4, -0.2) is 54.8 Å². The number of rotatable bonds is 4. The van der Waals surface area contributed by atoms with Gasteiger partial charge in [0.25, 0.3) is 0 Å². The van der Waals surface area contributed by atoms with Crippen molar-refractivity contribution in [2.45, 2.75) is 41.5 Å². The van der Waals surface area contributed by atoms with Crippen molar-refractivity contribution in [1.82, 2.24) is 54.8 Å². The Labute approximate surface area is 478 Å². The molecule has 0 unspecified atom stereocenters. The number of benzene rings is 8. The highest BCUT2D eigenvalue weighted by Gasteiger charge is 2.08. The first-order valence-corrected chi connectivity index (χ1v) is 26.9. The van der Waals surface area contributed by atoms with E-state index in [2.05, 4.69) is 134 Å². The van der Waals surface area contributed by atoms with Crippen LogP contribution in [0.2, 0.25) is 0 Å². The monoisotopic (exact) mass is 1070 g/mol. The maximum absolute atomic E-state index is 4.56. The summed E-state index contributed by atoms with van der Waals surface area (Å²) in [6.45, 7) is 11.6. The van der Waals surface area contributed by atoms with Gasteiger partial charge >= 0.3 is 0 Å². The molecule has 0 aliphatic heterocycles. The van der Waals surface area contributed by atoms with Crippen LogP contribution in [0.3, 0.4) is 0 Å². The van der Waals surface area contributed by atoms with E-state index < -0.39 is 0 Å². The maximum atomic E-state index is 4.56. The molecule has 14 aromatic rings. The van der Waals surface area contributed by atoms with Gasteiger partial charge in [0.1, 0.15) is 29.6 Å². The van der Waals surface area contributed by atoms with Crippen LogP contribution >= 0.6 is 0 Å². The fourth-order valence-electron chi connectivity index (χ4n) is 8.74. The summed E-state index contributed by atoms with van der Waals surface area (Å²) in [6, 6.07) is 81.4. The van der Waals surface area contributed by atoms with Gasteiger partial charge in [0.15, 0.2) is 5.82 Å². The van der Waals surface area contributed by atoms with Crippen molar-refractivity contribution in [1.29, 1.82) is 0 Å². The fourth-order valence-corrected chi connectivity index (χ4v) is 8.74. The quantitative estimate of drug-likeness (QED) is 0.166. The topological polar surface area (TPSA) is 142 Å². The maximum Gasteiger partial charge on any atom is 0.162 e. The molecular formula is C71H61N11. The summed E-state index contributed by atoms with van der Waals surface area (Å²) in [7, 11) is 0. The molecule has 0 aliphatic carbocycles. The van der Waals surface area contributed by atoms with Crippen LogP contribution in [-0.2, 0) is 0 Å². The second kappa shape index (κ2) is 28.3. The minimum Gasteiger partial charge on any atom is -0.253 e. The molecule has 6 heterocycles. The molecule has 0 saturated carbocycles. The van der Waals surface area contributed by atoms with Crippen molar-refractivity contribution in [3.05, 3.63) is 296 Å². The van der Waals surface area contributed by atoms with Gasteiger partial charge in [-0.05, 0) is 95.1 Å². The Hall–Kier alpha value is -10.7. The van der Waals surface area contributed by atoms with E-state index in [9.17, 15) is 0 Å². The van der Waals surface area contributed by atoms with E-state index in [1.165, 1.54) is 28.2 Å². The molecule has 11 nitrogen and oxygen atoms in total. The molecule has 0 fully saturated rings. The van der Waals surface area contributed by atoms with Gasteiger partial charge in [0.05, 0.1) is 33.5 Å². The highest BCUT2D eigenvalue weighted by molar-refractivity contribution is 5.95. The number of nitrogens with zero attached hydrogens (tertiary/aromatic N) is 11. The Morgan fingerprint density at radius 3 is 1.41 bits per heavy atom. The van der Waals surface area contributed by atoms with Crippen LogP contribution in [0.25, 0.3) is 88.6 Å². The highest BCUT2D eigenvalue weighted by atomic mass is 15.0. The first-order valence-electron chi connectivity index (χ1n) is 26.9. The van der Waals surface area contributed by atoms with Crippen LogP contribution < -0.4 is 0 Å². The summed E-state index contributed by atoms with van der Waals surface area (Å²) in [5.74, 6) is 3.91. The third-order valence-electron chi connectivity index (χ3n) is 12.6. The fraction of sp³-hybridized carbons (Fsp3) is 0.0845. The molecule has 11 heteroatoms. The summed E-state index contributed by atoms with van der Waals surface area (Å²) in [4.78, 5) is 46.9. The van der Waals surface area contributed by atoms with E-state index in [0.29, 0.717) is 0 Å². The Kier molecular flexibility index (Phi) is 19.4. The Balaban J connectivity index is 0.000000120. The van der Waals surface area contributed by atoms with Gasteiger partial charge in [0.2, 0.25) is 0 Å². The highest BCUT2D eigenvalue weighted by Crippen LogP contribution is 2.29. The second-order valence-corrected chi connectivity index (χ2v) is 18.9. The number of para-hydroxylation sites is 4. The van der Waals surface area contributed by atoms with Gasteiger partial charge in [-0.25, -0.2) is 44.9 Å². The molecule has 6 aromatic heterocycles. The lowest BCUT2D eigenvalue weighted by molar-refractivity contribution is 0.983. The van der Waals surface area contributed by atoms with Crippen molar-refractivity contribution in [3.8, 4) is 45.0 Å². The third kappa shape index (κ3) is 15.8. The first-order chi connectivity index (χ1) is 40.1. The number of pyridine rings is 2. The van der Waals surface area contributed by atoms with Gasteiger partial charge in [-0.2, -0.15) is 0 Å². The molecule has 82 heavy (non-hydrogen) atoms. The van der Waals surface area contributed by atoms with E-state index in [1.54, 1.807) is 6.20 Å². The number of hydrogen-bond acceptors (Lipinski definition) is 11. The Morgan fingerprint density at radius 2 is 0.768 bits per heavy atom. The smallest absolute Gasteiger partial charge is 0.162 e. The van der Waals surface area contributed by atoms with Gasteiger partial charge in [-0.1, -0.05) is 200 Å². The minimum atomic E-state index is 0.730. The molecule has 0 amide bonds. The van der Waals surface area contributed by atoms with Gasteiger partial charge in [-0.15, -0.1) is 0 Å². The van der Waals surface area contributed by atoms with Crippen LogP contribution in [0, 0.1) is 41.5 Å². The van der Waals surface area contributed by atoms with E-state index in [1.807, 2.05) is 212 Å². The van der Waals surface area contributed by atoms with E-state index in [-0.39, 0.29) is 0 Å². The zero-order valence-corrected chi connectivity index (χ0v) is 46.7. The number of aryl methyl sites for hydroxylation is 6. The van der Waals surface area contributed by atoms with Crippen molar-refractivity contribution in [2.75, 3.05) is 0 Å². The van der Waals surface area contributed by atoms with Gasteiger partial charge < -0.3 is 0 Å². The normalized spacial score (nSPS) is 10.3. The lowest BCUT2D eigenvalue weighted by Gasteiger charge is -2.07. The Morgan fingerprint density at radius 1 is 0.280 bits per heavy atom. The van der Waals surface area contributed by atoms with Crippen LogP contribution in [0.15, 0.2) is 261 Å². The number of hydrogen-bond donors (Lipinski definition) is 0. The molecule has 0 N–H and O–H groups in total. The second-order valence-electron chi connectivity index (χ2n) is 18.9. The predicted octanol–water partition coefficient (Wildman–Crippen LogP) is 16.6. The van der Waals surface area contributed by atoms with Crippen molar-refractivity contribution < 1.29 is 0 Å². The molecule has 14 rings (SSSR count). The third-order valence-corrected chi connectivity index (χ3v) is 12.6. The molecule has 8 aromatic carbocycles. The summed E-state index contributed by atoms with van der Waals surface area (Å²) in [5, 5.41) is 4.62. The summed E-state index contributed by atoms with van der Waals surface area (Å²) in [5.41, 5.74) is 14.1. The lowest BCUT2D eigenvalue weighted by Crippen LogP contribution is -1.93. The van der Waals surface area contributed by atoms with E-state index >= 15 is 0 Å². The largest absolute Gasteiger partial charge is 0.253 e. The number of aromatic nitrogens is 11. The van der Waals surface area contributed by atoms with Crippen LogP contribution in [0.1, 0.15) is 34.7 Å². The molecule has 0 radical (unpaired) electrons. The van der Waals surface area contributed by atoms with Gasteiger partial charge in [0, 0.05) is 62.0 Å². The zero-order valence-electron chi connectivity index (χ0n) is 46.7. The van der Waals surface area contributed by atoms with Crippen LogP contribution in [0.5, 0.6) is 0 Å². The molecule has 0 saturated heterocycles. The van der Waals surface area contributed by atoms with E-state index in [4.69, 9.17) is 0 Å². The summed E-state index contributed by atoms with van der Waals surface area (Å²) < 4.78 is 0. The lowest BCUT2D eigenvalue weighted by atomic mass is 10.0. The summed E-state index contributed by atoms with van der Waals surface area (Å²) >= 11 is 0. The van der Waals surface area contributed by atoms with Crippen molar-refractivity contribution in [3.63, 3.8) is 0 Å². The predicted molar refractivity (Wildman–Crippen MR) is 335 cm³/mol. The standard InChI is InChI=1S/C16H13N.C15H12N2.C11H10N2.C10H9N3.C10H9N.C9H8N2/c1-12-11-15(13-7-3-2-4-8-13)14-9-5-6-10-16(14)17-12;1-11-16-14-10-6-5-9-13(14)15(17-11)12-7-3-2-4-8-12;1-9-12-8-7-11(13-9)10-5-3-2-4-6-10;1-8-11-7-12-10(13-8)9-5-3-2-4-6-9;1-8-6-7-9-4-2-3-5-10(9)11-8;1-7-10-6-8-4-2-3-5-9(8)11-7/h2-11H,1H3;2-10H,1H3;2-8H,1H3;2-7H,1H3;2-7H,1H3;2-6H,1H3.